The summed E-state index contributed by atoms with van der Waals surface area (Å²) in [7, 11) is 0. The second-order valence-electron chi connectivity index (χ2n) is 9.05. The number of H-pyrrole nitrogens is 1. The summed E-state index contributed by atoms with van der Waals surface area (Å²) >= 11 is 9.14. The van der Waals surface area contributed by atoms with Crippen molar-refractivity contribution in [3.8, 4) is 6.07 Å². The Morgan fingerprint density at radius 3 is 2.88 bits per heavy atom. The molecule has 2 unspecified atom stereocenters. The second kappa shape index (κ2) is 11.0. The minimum absolute atomic E-state index is 0.0491. The molecular formula is C20H20FN9O8P2S2. The van der Waals surface area contributed by atoms with Gasteiger partial charge in [0.15, 0.2) is 29.2 Å². The van der Waals surface area contributed by atoms with Gasteiger partial charge in [-0.15, -0.1) is 0 Å². The molecule has 0 amide bonds. The molecule has 6 heterocycles. The first-order valence-corrected chi connectivity index (χ1v) is 17.3. The van der Waals surface area contributed by atoms with Gasteiger partial charge in [-0.2, -0.15) is 10.2 Å². The smallest absolute Gasteiger partial charge is 0.369 e. The standard InChI is InChI=1S/C20H20FN9O8P2S2/c21-13-11-6-35-39(32,41)34-2-1-29-12(26-10-3-9(4-22)5-24-16(10)29)7-36-40(33,42)38-15(13)19(37-11)30-8-25-14-17(30)27-20(23)28-18(14)31/h3,5,8,11,13,15,19H,1-2,6-7H2,(H,32,41)(H,33,42)(H3,23,27,28,31)/t11-,13-,15-,19-,39?,40?/m1/s1. The van der Waals surface area contributed by atoms with E-state index >= 15 is 4.39 Å². The number of alkyl halides is 1. The van der Waals surface area contributed by atoms with Gasteiger partial charge in [0.25, 0.3) is 5.56 Å². The van der Waals surface area contributed by atoms with Crippen molar-refractivity contribution >= 4 is 65.8 Å². The lowest BCUT2D eigenvalue weighted by atomic mass is 10.1. The molecule has 0 aliphatic carbocycles. The van der Waals surface area contributed by atoms with E-state index in [4.69, 9.17) is 40.4 Å². The quantitative estimate of drug-likeness (QED) is 0.168. The van der Waals surface area contributed by atoms with E-state index in [1.165, 1.54) is 16.8 Å². The van der Waals surface area contributed by atoms with E-state index in [0.717, 1.165) is 6.33 Å². The molecule has 6 rings (SSSR count). The monoisotopic (exact) mass is 659 g/mol. The molecule has 1 saturated heterocycles. The minimum atomic E-state index is -4.35. The predicted molar refractivity (Wildman–Crippen MR) is 148 cm³/mol. The number of aromatic nitrogens is 7. The predicted octanol–water partition coefficient (Wildman–Crippen LogP) is 1.46. The van der Waals surface area contributed by atoms with Crippen molar-refractivity contribution < 1.29 is 36.7 Å². The Balaban J connectivity index is 1.38. The van der Waals surface area contributed by atoms with Crippen LogP contribution in [0.2, 0.25) is 0 Å². The van der Waals surface area contributed by atoms with Gasteiger partial charge in [0, 0.05) is 12.7 Å². The number of fused-ring (bicyclic) bond motifs is 6. The maximum absolute atomic E-state index is 15.8. The van der Waals surface area contributed by atoms with Crippen LogP contribution in [0.5, 0.6) is 0 Å². The van der Waals surface area contributed by atoms with Crippen LogP contribution >= 0.6 is 25.8 Å². The Hall–Kier alpha value is -2.82. The summed E-state index contributed by atoms with van der Waals surface area (Å²) in [5.74, 6) is -0.0547. The Kier molecular flexibility index (Phi) is 7.68. The number of nitrogens with two attached hydrogens (primary N) is 1. The van der Waals surface area contributed by atoms with Crippen LogP contribution in [-0.2, 0) is 52.4 Å². The molecule has 4 aromatic rings. The lowest BCUT2D eigenvalue weighted by molar-refractivity contribution is -0.0453. The molecule has 1 fully saturated rings. The van der Waals surface area contributed by atoms with E-state index in [1.54, 1.807) is 4.57 Å². The molecule has 0 aromatic carbocycles. The third kappa shape index (κ3) is 5.61. The fourth-order valence-electron chi connectivity index (χ4n) is 4.54. The molecule has 2 bridgehead atoms. The summed E-state index contributed by atoms with van der Waals surface area (Å²) in [4.78, 5) is 41.9. The average molecular weight is 660 g/mol. The SMILES string of the molecule is N#Cc1cnc2c(c1)nc1n2CCOP(O)(=S)OC[C@H]2O[C@@H](n3cnc4c(=O)[nH]c(N)nc43)[C@H](OP(=O)(S)OC1)[C@@H]2F. The first-order chi connectivity index (χ1) is 19.9. The Labute approximate surface area is 244 Å². The van der Waals surface area contributed by atoms with E-state index in [1.807, 2.05) is 6.07 Å². The van der Waals surface area contributed by atoms with E-state index < -0.39 is 56.9 Å². The van der Waals surface area contributed by atoms with Crippen LogP contribution in [0.15, 0.2) is 23.4 Å². The largest absolute Gasteiger partial charge is 0.387 e. The summed E-state index contributed by atoms with van der Waals surface area (Å²) in [6.07, 6.45) is -4.03. The highest BCUT2D eigenvalue weighted by Gasteiger charge is 2.51. The summed E-state index contributed by atoms with van der Waals surface area (Å²) in [5, 5.41) is 9.22. The van der Waals surface area contributed by atoms with E-state index in [2.05, 4.69) is 37.2 Å². The van der Waals surface area contributed by atoms with Gasteiger partial charge in [-0.25, -0.2) is 23.9 Å². The van der Waals surface area contributed by atoms with Gasteiger partial charge in [0.2, 0.25) is 5.95 Å². The fourth-order valence-corrected chi connectivity index (χ4v) is 7.03. The Morgan fingerprint density at radius 1 is 1.29 bits per heavy atom. The highest BCUT2D eigenvalue weighted by Crippen LogP contribution is 2.57. The molecule has 22 heteroatoms. The van der Waals surface area contributed by atoms with E-state index in [0.29, 0.717) is 11.2 Å². The lowest BCUT2D eigenvalue weighted by Gasteiger charge is -2.24. The third-order valence-corrected chi connectivity index (χ3v) is 9.58. The van der Waals surface area contributed by atoms with Crippen LogP contribution in [0.1, 0.15) is 17.6 Å². The Morgan fingerprint density at radius 2 is 2.10 bits per heavy atom. The maximum atomic E-state index is 15.8. The number of imidazole rings is 2. The summed E-state index contributed by atoms with van der Waals surface area (Å²) in [5.41, 5.74) is 5.75. The molecule has 4 aromatic heterocycles. The van der Waals surface area contributed by atoms with Gasteiger partial charge in [0.1, 0.15) is 36.2 Å². The molecule has 6 atom stereocenters. The zero-order chi connectivity index (χ0) is 29.8. The summed E-state index contributed by atoms with van der Waals surface area (Å²) in [6.45, 7) is -9.40. The van der Waals surface area contributed by atoms with E-state index in [-0.39, 0.29) is 41.7 Å². The van der Waals surface area contributed by atoms with Crippen LogP contribution < -0.4 is 11.3 Å². The molecule has 0 radical (unpaired) electrons. The fraction of sp³-hybridized carbons (Fsp3) is 0.400. The number of ether oxygens (including phenoxy) is 1. The number of anilines is 1. The molecule has 17 nitrogen and oxygen atoms in total. The summed E-state index contributed by atoms with van der Waals surface area (Å²) in [6, 6.07) is 3.46. The number of pyridine rings is 1. The maximum Gasteiger partial charge on any atom is 0.387 e. The van der Waals surface area contributed by atoms with Gasteiger partial charge in [-0.3, -0.25) is 23.4 Å². The van der Waals surface area contributed by atoms with Crippen molar-refractivity contribution in [2.24, 2.45) is 0 Å². The number of halogens is 1. The first-order valence-electron chi connectivity index (χ1n) is 12.0. The molecule has 0 saturated carbocycles. The van der Waals surface area contributed by atoms with Crippen LogP contribution in [0.3, 0.4) is 0 Å². The van der Waals surface area contributed by atoms with Crippen molar-refractivity contribution in [3.05, 3.63) is 40.3 Å². The summed E-state index contributed by atoms with van der Waals surface area (Å²) < 4.78 is 59.7. The molecule has 0 spiro atoms. The van der Waals surface area contributed by atoms with Crippen molar-refractivity contribution in [2.75, 3.05) is 18.9 Å². The highest BCUT2D eigenvalue weighted by atomic mass is 32.7. The molecule has 4 N–H and O–H groups in total. The zero-order valence-corrected chi connectivity index (χ0v) is 24.5. The average Bonchev–Trinajstić information content (AvgIpc) is 3.59. The van der Waals surface area contributed by atoms with E-state index in [9.17, 15) is 19.5 Å². The van der Waals surface area contributed by atoms with Gasteiger partial charge >= 0.3 is 13.5 Å². The van der Waals surface area contributed by atoms with Crippen molar-refractivity contribution in [1.29, 1.82) is 5.26 Å². The van der Waals surface area contributed by atoms with Crippen molar-refractivity contribution in [1.82, 2.24) is 34.1 Å². The van der Waals surface area contributed by atoms with Crippen LogP contribution in [0.25, 0.3) is 22.3 Å². The van der Waals surface area contributed by atoms with Crippen LogP contribution in [0.4, 0.5) is 10.3 Å². The van der Waals surface area contributed by atoms with Crippen molar-refractivity contribution in [2.45, 2.75) is 37.8 Å². The molecule has 42 heavy (non-hydrogen) atoms. The molecular weight excluding hydrogens is 639 g/mol. The number of nitrogen functional groups attached to an aromatic ring is 1. The normalized spacial score (nSPS) is 30.9. The van der Waals surface area contributed by atoms with Crippen LogP contribution in [-0.4, -0.2) is 70.5 Å². The van der Waals surface area contributed by atoms with Crippen LogP contribution in [0, 0.1) is 11.3 Å². The highest BCUT2D eigenvalue weighted by molar-refractivity contribution is 8.44. The number of hydrogen-bond acceptors (Lipinski definition) is 14. The molecule has 2 aliphatic heterocycles. The van der Waals surface area contributed by atoms with Gasteiger partial charge in [0.05, 0.1) is 25.1 Å². The minimum Gasteiger partial charge on any atom is -0.369 e. The number of hydrogen-bond donors (Lipinski definition) is 4. The van der Waals surface area contributed by atoms with Crippen molar-refractivity contribution in [3.63, 3.8) is 0 Å². The third-order valence-electron chi connectivity index (χ3n) is 6.37. The molecule has 2 aliphatic rings. The van der Waals surface area contributed by atoms with Gasteiger partial charge in [-0.1, -0.05) is 12.2 Å². The number of aromatic amines is 1. The molecule has 222 valence electrons. The Bertz CT molecular complexity index is 1900. The number of nitrogens with zero attached hydrogens (tertiary/aromatic N) is 7. The topological polar surface area (TPSA) is 228 Å². The number of nitriles is 1. The van der Waals surface area contributed by atoms with Gasteiger partial charge < -0.3 is 29.0 Å². The number of thiol groups is 1. The first kappa shape index (κ1) is 29.3. The zero-order valence-electron chi connectivity index (χ0n) is 21.0. The van der Waals surface area contributed by atoms with Gasteiger partial charge in [-0.05, 0) is 17.9 Å². The number of rotatable bonds is 1. The second-order valence-corrected chi connectivity index (χ2v) is 14.8. The lowest BCUT2D eigenvalue weighted by Crippen LogP contribution is -2.32. The number of nitrogens with one attached hydrogen (secondary N) is 1.